The highest BCUT2D eigenvalue weighted by Gasteiger charge is 2.11. The average molecular weight is 300 g/mol. The van der Waals surface area contributed by atoms with Gasteiger partial charge in [0.2, 0.25) is 0 Å². The third kappa shape index (κ3) is 4.99. The minimum atomic E-state index is -0.461. The Labute approximate surface area is 109 Å². The van der Waals surface area contributed by atoms with Crippen LogP contribution < -0.4 is 0 Å². The molecule has 17 heavy (non-hydrogen) atoms. The van der Waals surface area contributed by atoms with E-state index in [0.29, 0.717) is 18.5 Å². The van der Waals surface area contributed by atoms with Crippen LogP contribution in [0.5, 0.6) is 0 Å². The van der Waals surface area contributed by atoms with Gasteiger partial charge in [0.15, 0.2) is 5.71 Å². The van der Waals surface area contributed by atoms with Crippen LogP contribution in [0.4, 0.5) is 0 Å². The number of benzene rings is 1. The minimum Gasteiger partial charge on any atom is -0.461 e. The zero-order valence-corrected chi connectivity index (χ0v) is 11.1. The lowest BCUT2D eigenvalue weighted by Gasteiger charge is -2.03. The molecule has 0 saturated heterocycles. The molecule has 0 saturated carbocycles. The fourth-order valence-corrected chi connectivity index (χ4v) is 1.42. The summed E-state index contributed by atoms with van der Waals surface area (Å²) in [6.07, 6.45) is 0. The normalized spacial score (nSPS) is 11.1. The van der Waals surface area contributed by atoms with Crippen LogP contribution >= 0.6 is 15.9 Å². The molecule has 0 amide bonds. The van der Waals surface area contributed by atoms with Crippen molar-refractivity contribution in [1.82, 2.24) is 0 Å². The van der Waals surface area contributed by atoms with Crippen LogP contribution in [0.1, 0.15) is 12.5 Å². The number of rotatable bonds is 6. The first-order valence-electron chi connectivity index (χ1n) is 5.23. The Morgan fingerprint density at radius 1 is 1.35 bits per heavy atom. The van der Waals surface area contributed by atoms with Crippen LogP contribution in [0.25, 0.3) is 0 Å². The van der Waals surface area contributed by atoms with Gasteiger partial charge in [-0.1, -0.05) is 51.4 Å². The Hall–Kier alpha value is -1.36. The van der Waals surface area contributed by atoms with E-state index in [9.17, 15) is 4.79 Å². The van der Waals surface area contributed by atoms with Crippen molar-refractivity contribution < 1.29 is 14.4 Å². The predicted molar refractivity (Wildman–Crippen MR) is 69.1 cm³/mol. The summed E-state index contributed by atoms with van der Waals surface area (Å²) in [5.41, 5.74) is 1.22. The van der Waals surface area contributed by atoms with E-state index in [1.165, 1.54) is 0 Å². The average Bonchev–Trinajstić information content (AvgIpc) is 2.36. The standard InChI is InChI=1S/C12H14BrNO3/c1-2-16-12(15)11(8-13)14-17-9-10-6-4-3-5-7-10/h3-7H,2,8-9H2,1H3/b14-11+. The third-order valence-corrected chi connectivity index (χ3v) is 2.42. The molecule has 0 aromatic heterocycles. The summed E-state index contributed by atoms with van der Waals surface area (Å²) in [5.74, 6) is -0.461. The maximum absolute atomic E-state index is 11.4. The van der Waals surface area contributed by atoms with Crippen LogP contribution in [0, 0.1) is 0 Å². The lowest BCUT2D eigenvalue weighted by Crippen LogP contribution is -2.19. The molecular weight excluding hydrogens is 286 g/mol. The fraction of sp³-hybridized carbons (Fsp3) is 0.333. The van der Waals surface area contributed by atoms with Crippen molar-refractivity contribution in [2.75, 3.05) is 11.9 Å². The molecule has 0 atom stereocenters. The van der Waals surface area contributed by atoms with Crippen LogP contribution in [0.3, 0.4) is 0 Å². The topological polar surface area (TPSA) is 47.9 Å². The van der Waals surface area contributed by atoms with E-state index in [0.717, 1.165) is 5.56 Å². The molecular formula is C12H14BrNO3. The summed E-state index contributed by atoms with van der Waals surface area (Å²) in [5, 5.41) is 4.06. The molecule has 1 aromatic carbocycles. The fourth-order valence-electron chi connectivity index (χ4n) is 1.09. The quantitative estimate of drug-likeness (QED) is 0.351. The molecule has 1 rings (SSSR count). The molecule has 5 heteroatoms. The number of nitrogens with zero attached hydrogens (tertiary/aromatic N) is 1. The Balaban J connectivity index is 2.48. The van der Waals surface area contributed by atoms with Gasteiger partial charge in [0.1, 0.15) is 6.61 Å². The monoisotopic (exact) mass is 299 g/mol. The second kappa shape index (κ2) is 7.84. The number of halogens is 1. The third-order valence-electron chi connectivity index (χ3n) is 1.89. The van der Waals surface area contributed by atoms with Crippen molar-refractivity contribution in [2.24, 2.45) is 5.16 Å². The summed E-state index contributed by atoms with van der Waals surface area (Å²) in [6, 6.07) is 9.61. The van der Waals surface area contributed by atoms with Gasteiger partial charge < -0.3 is 9.57 Å². The summed E-state index contributed by atoms with van der Waals surface area (Å²) in [4.78, 5) is 16.5. The first-order chi connectivity index (χ1) is 8.27. The largest absolute Gasteiger partial charge is 0.461 e. The molecule has 0 bridgehead atoms. The van der Waals surface area contributed by atoms with Gasteiger partial charge in [-0.2, -0.15) is 0 Å². The number of alkyl halides is 1. The summed E-state index contributed by atoms with van der Waals surface area (Å²) >= 11 is 3.16. The molecule has 0 aliphatic heterocycles. The molecule has 1 aromatic rings. The predicted octanol–water partition coefficient (Wildman–Crippen LogP) is 2.52. The van der Waals surface area contributed by atoms with Gasteiger partial charge in [-0.25, -0.2) is 4.79 Å². The molecule has 4 nitrogen and oxygen atoms in total. The number of esters is 1. The smallest absolute Gasteiger partial charge is 0.356 e. The summed E-state index contributed by atoms with van der Waals surface area (Å²) in [7, 11) is 0. The molecule has 0 aliphatic carbocycles. The zero-order chi connectivity index (χ0) is 12.5. The van der Waals surface area contributed by atoms with Crippen molar-refractivity contribution >= 4 is 27.6 Å². The molecule has 0 aliphatic rings. The first kappa shape index (κ1) is 13.7. The van der Waals surface area contributed by atoms with Crippen LogP contribution in [-0.2, 0) is 21.0 Å². The Morgan fingerprint density at radius 2 is 2.06 bits per heavy atom. The molecule has 0 unspecified atom stereocenters. The number of carbonyl (C=O) groups excluding carboxylic acids is 1. The van der Waals surface area contributed by atoms with Crippen molar-refractivity contribution in [3.05, 3.63) is 35.9 Å². The second-order valence-electron chi connectivity index (χ2n) is 3.15. The van der Waals surface area contributed by atoms with Gasteiger partial charge in [-0.15, -0.1) is 0 Å². The zero-order valence-electron chi connectivity index (χ0n) is 9.56. The number of hydrogen-bond donors (Lipinski definition) is 0. The highest BCUT2D eigenvalue weighted by atomic mass is 79.9. The highest BCUT2D eigenvalue weighted by molar-refractivity contribution is 9.09. The van der Waals surface area contributed by atoms with E-state index in [4.69, 9.17) is 9.57 Å². The molecule has 0 spiro atoms. The molecule has 0 radical (unpaired) electrons. The van der Waals surface area contributed by atoms with Crippen molar-refractivity contribution in [3.63, 3.8) is 0 Å². The Kier molecular flexibility index (Phi) is 6.32. The minimum absolute atomic E-state index is 0.225. The lowest BCUT2D eigenvalue weighted by molar-refractivity contribution is -0.135. The van der Waals surface area contributed by atoms with E-state index >= 15 is 0 Å². The molecule has 92 valence electrons. The van der Waals surface area contributed by atoms with Crippen LogP contribution in [0.15, 0.2) is 35.5 Å². The van der Waals surface area contributed by atoms with E-state index in [1.54, 1.807) is 6.92 Å². The van der Waals surface area contributed by atoms with Crippen molar-refractivity contribution in [1.29, 1.82) is 0 Å². The van der Waals surface area contributed by atoms with Gasteiger partial charge in [-0.3, -0.25) is 0 Å². The van der Waals surface area contributed by atoms with Gasteiger partial charge in [-0.05, 0) is 12.5 Å². The highest BCUT2D eigenvalue weighted by Crippen LogP contribution is 2.01. The van der Waals surface area contributed by atoms with Crippen molar-refractivity contribution in [3.8, 4) is 0 Å². The first-order valence-corrected chi connectivity index (χ1v) is 6.36. The number of ether oxygens (including phenoxy) is 1. The Bertz CT molecular complexity index is 379. The van der Waals surface area contributed by atoms with Gasteiger partial charge in [0.25, 0.3) is 0 Å². The van der Waals surface area contributed by atoms with Gasteiger partial charge in [0.05, 0.1) is 11.9 Å². The van der Waals surface area contributed by atoms with Gasteiger partial charge >= 0.3 is 5.97 Å². The number of oxime groups is 1. The van der Waals surface area contributed by atoms with Crippen molar-refractivity contribution in [2.45, 2.75) is 13.5 Å². The lowest BCUT2D eigenvalue weighted by atomic mass is 10.2. The molecule has 0 heterocycles. The van der Waals surface area contributed by atoms with E-state index in [1.807, 2.05) is 30.3 Å². The SMILES string of the molecule is CCOC(=O)/C(CBr)=N/OCc1ccccc1. The number of carbonyl (C=O) groups is 1. The second-order valence-corrected chi connectivity index (χ2v) is 3.71. The molecule has 0 N–H and O–H groups in total. The van der Waals surface area contributed by atoms with Crippen LogP contribution in [0.2, 0.25) is 0 Å². The maximum Gasteiger partial charge on any atom is 0.356 e. The maximum atomic E-state index is 11.4. The van der Waals surface area contributed by atoms with Crippen LogP contribution in [-0.4, -0.2) is 23.6 Å². The summed E-state index contributed by atoms with van der Waals surface area (Å²) < 4.78 is 4.82. The van der Waals surface area contributed by atoms with E-state index < -0.39 is 5.97 Å². The van der Waals surface area contributed by atoms with E-state index in [2.05, 4.69) is 21.1 Å². The van der Waals surface area contributed by atoms with E-state index in [-0.39, 0.29) is 5.71 Å². The summed E-state index contributed by atoms with van der Waals surface area (Å²) in [6.45, 7) is 2.40. The van der Waals surface area contributed by atoms with Gasteiger partial charge in [0, 0.05) is 0 Å². The Morgan fingerprint density at radius 3 is 2.65 bits per heavy atom. The number of hydrogen-bond acceptors (Lipinski definition) is 4. The molecule has 0 fully saturated rings.